The van der Waals surface area contributed by atoms with E-state index in [1.807, 2.05) is 35.6 Å². The van der Waals surface area contributed by atoms with Gasteiger partial charge in [0, 0.05) is 16.7 Å². The molecule has 2 rings (SSSR count). The number of hydrogen-bond acceptors (Lipinski definition) is 4. The van der Waals surface area contributed by atoms with Gasteiger partial charge in [0.15, 0.2) is 0 Å². The van der Waals surface area contributed by atoms with Gasteiger partial charge in [0.05, 0.1) is 6.54 Å². The first-order valence-electron chi connectivity index (χ1n) is 8.38. The fraction of sp³-hybridized carbons (Fsp3) is 0.0952. The number of rotatable bonds is 5. The van der Waals surface area contributed by atoms with Crippen LogP contribution in [0.25, 0.3) is 0 Å². The van der Waals surface area contributed by atoms with Gasteiger partial charge in [-0.2, -0.15) is 0 Å². The van der Waals surface area contributed by atoms with Crippen LogP contribution in [0, 0.1) is 23.7 Å². The van der Waals surface area contributed by atoms with Crippen molar-refractivity contribution < 1.29 is 24.7 Å². The molecule has 0 spiro atoms. The maximum Gasteiger partial charge on any atom is 0.404 e. The first-order valence-corrected chi connectivity index (χ1v) is 8.38. The Morgan fingerprint density at radius 2 is 1.48 bits per heavy atom. The lowest BCUT2D eigenvalue weighted by Gasteiger charge is -2.16. The van der Waals surface area contributed by atoms with E-state index in [0.29, 0.717) is 5.56 Å². The van der Waals surface area contributed by atoms with Crippen LogP contribution in [-0.2, 0) is 4.79 Å². The van der Waals surface area contributed by atoms with Crippen LogP contribution in [-0.4, -0.2) is 40.8 Å². The molecule has 8 heteroatoms. The van der Waals surface area contributed by atoms with Gasteiger partial charge in [-0.15, -0.1) is 0 Å². The molecule has 0 bridgehead atoms. The van der Waals surface area contributed by atoms with Crippen molar-refractivity contribution >= 4 is 17.9 Å². The quantitative estimate of drug-likeness (QED) is 0.295. The van der Waals surface area contributed by atoms with Crippen molar-refractivity contribution in [2.45, 2.75) is 6.04 Å². The first-order chi connectivity index (χ1) is 14.0. The molecule has 1 atom stereocenters. The summed E-state index contributed by atoms with van der Waals surface area (Å²) in [5.74, 6) is 9.66. The highest BCUT2D eigenvalue weighted by Crippen LogP contribution is 2.04. The molecule has 0 fully saturated rings. The van der Waals surface area contributed by atoms with Gasteiger partial charge in [-0.05, 0) is 48.2 Å². The van der Waals surface area contributed by atoms with Crippen LogP contribution in [0.3, 0.4) is 0 Å². The predicted molar refractivity (Wildman–Crippen MR) is 104 cm³/mol. The lowest BCUT2D eigenvalue weighted by atomic mass is 10.1. The van der Waals surface area contributed by atoms with E-state index in [1.165, 1.54) is 17.6 Å². The van der Waals surface area contributed by atoms with Gasteiger partial charge in [0.25, 0.3) is 11.8 Å². The Labute approximate surface area is 166 Å². The number of benzene rings is 2. The van der Waals surface area contributed by atoms with E-state index in [9.17, 15) is 14.4 Å². The highest BCUT2D eigenvalue weighted by molar-refractivity contribution is 5.97. The molecule has 0 saturated heterocycles. The van der Waals surface area contributed by atoms with Crippen LogP contribution in [0.15, 0.2) is 54.6 Å². The molecule has 0 aliphatic heterocycles. The summed E-state index contributed by atoms with van der Waals surface area (Å²) in [4.78, 5) is 34.4. The molecule has 1 unspecified atom stereocenters. The minimum absolute atomic E-state index is 0.233. The van der Waals surface area contributed by atoms with Gasteiger partial charge < -0.3 is 15.7 Å². The van der Waals surface area contributed by atoms with Crippen LogP contribution in [0.4, 0.5) is 4.79 Å². The maximum absolute atomic E-state index is 12.2. The number of carbonyl (C=O) groups is 3. The molecule has 5 N–H and O–H groups in total. The summed E-state index contributed by atoms with van der Waals surface area (Å²) in [6, 6.07) is 14.4. The summed E-state index contributed by atoms with van der Waals surface area (Å²) >= 11 is 0. The summed E-state index contributed by atoms with van der Waals surface area (Å²) in [7, 11) is 0. The minimum Gasteiger partial charge on any atom is -0.465 e. The largest absolute Gasteiger partial charge is 0.465 e. The number of amides is 3. The topological polar surface area (TPSA) is 128 Å². The Balaban J connectivity index is 2.00. The molecule has 146 valence electrons. The third-order valence-corrected chi connectivity index (χ3v) is 3.59. The smallest absolute Gasteiger partial charge is 0.404 e. The van der Waals surface area contributed by atoms with Crippen molar-refractivity contribution in [3.63, 3.8) is 0 Å². The molecule has 0 heterocycles. The molecule has 0 aliphatic rings. The minimum atomic E-state index is -1.37. The summed E-state index contributed by atoms with van der Waals surface area (Å²) in [5, 5.41) is 21.6. The molecule has 0 aromatic heterocycles. The second-order valence-corrected chi connectivity index (χ2v) is 5.63. The summed E-state index contributed by atoms with van der Waals surface area (Å²) in [6.07, 6.45) is -1.37. The van der Waals surface area contributed by atoms with Crippen molar-refractivity contribution in [1.82, 2.24) is 16.1 Å². The molecule has 29 heavy (non-hydrogen) atoms. The fourth-order valence-corrected chi connectivity index (χ4v) is 2.15. The third-order valence-electron chi connectivity index (χ3n) is 3.59. The van der Waals surface area contributed by atoms with Crippen LogP contribution >= 0.6 is 0 Å². The summed E-state index contributed by atoms with van der Waals surface area (Å²) in [5.41, 5.74) is 3.11. The molecule has 2 aromatic carbocycles. The number of carboxylic acid groups (broad SMARTS) is 1. The average molecular weight is 391 g/mol. The van der Waals surface area contributed by atoms with Crippen molar-refractivity contribution in [2.24, 2.45) is 0 Å². The zero-order valence-electron chi connectivity index (χ0n) is 15.1. The second-order valence-electron chi connectivity index (χ2n) is 5.63. The van der Waals surface area contributed by atoms with Crippen molar-refractivity contribution in [3.8, 4) is 23.7 Å². The van der Waals surface area contributed by atoms with E-state index >= 15 is 0 Å². The lowest BCUT2D eigenvalue weighted by Crippen LogP contribution is -2.51. The molecule has 0 radical (unpaired) electrons. The first kappa shape index (κ1) is 21.0. The Hall–Kier alpha value is -4.27. The van der Waals surface area contributed by atoms with Gasteiger partial charge in [0.2, 0.25) is 0 Å². The third kappa shape index (κ3) is 7.10. The lowest BCUT2D eigenvalue weighted by molar-refractivity contribution is -0.131. The zero-order valence-corrected chi connectivity index (χ0v) is 15.1. The van der Waals surface area contributed by atoms with E-state index in [2.05, 4.69) is 29.0 Å². The Bertz CT molecular complexity index is 996. The molecular formula is C21H17N3O5. The molecule has 3 amide bonds. The number of carbonyl (C=O) groups excluding carboxylic acids is 2. The second kappa shape index (κ2) is 10.8. The Morgan fingerprint density at radius 1 is 0.897 bits per heavy atom. The highest BCUT2D eigenvalue weighted by atomic mass is 16.5. The van der Waals surface area contributed by atoms with Crippen molar-refractivity contribution in [2.75, 3.05) is 6.54 Å². The highest BCUT2D eigenvalue weighted by Gasteiger charge is 2.21. The number of hydroxylamine groups is 1. The molecule has 0 aliphatic carbocycles. The summed E-state index contributed by atoms with van der Waals surface area (Å²) in [6.45, 7) is -0.406. The van der Waals surface area contributed by atoms with Crippen molar-refractivity contribution in [3.05, 3.63) is 71.3 Å². The fourth-order valence-electron chi connectivity index (χ4n) is 2.15. The maximum atomic E-state index is 12.2. The van der Waals surface area contributed by atoms with Crippen LogP contribution in [0.5, 0.6) is 0 Å². The average Bonchev–Trinajstić information content (AvgIpc) is 2.74. The van der Waals surface area contributed by atoms with E-state index in [1.54, 1.807) is 12.1 Å². The number of hydrogen-bond donors (Lipinski definition) is 5. The summed E-state index contributed by atoms with van der Waals surface area (Å²) < 4.78 is 0. The van der Waals surface area contributed by atoms with Gasteiger partial charge in [-0.1, -0.05) is 30.0 Å². The Kier molecular flexibility index (Phi) is 7.82. The van der Waals surface area contributed by atoms with E-state index in [-0.39, 0.29) is 5.56 Å². The molecule has 8 nitrogen and oxygen atoms in total. The van der Waals surface area contributed by atoms with Gasteiger partial charge in [0.1, 0.15) is 6.04 Å². The van der Waals surface area contributed by atoms with Crippen molar-refractivity contribution in [1.29, 1.82) is 0 Å². The Morgan fingerprint density at radius 3 is 2.03 bits per heavy atom. The molecule has 0 saturated carbocycles. The molecular weight excluding hydrogens is 374 g/mol. The van der Waals surface area contributed by atoms with E-state index < -0.39 is 30.5 Å². The van der Waals surface area contributed by atoms with E-state index in [4.69, 9.17) is 10.3 Å². The number of nitrogens with one attached hydrogen (secondary N) is 3. The van der Waals surface area contributed by atoms with Crippen LogP contribution < -0.4 is 16.1 Å². The SMILES string of the molecule is O=C(O)NCC(NC(=O)c1ccc(C#CC#Cc2ccccc2)cc1)C(=O)NO. The van der Waals surface area contributed by atoms with Gasteiger partial charge in [-0.3, -0.25) is 14.8 Å². The van der Waals surface area contributed by atoms with Gasteiger partial charge >= 0.3 is 6.09 Å². The van der Waals surface area contributed by atoms with Crippen LogP contribution in [0.1, 0.15) is 21.5 Å². The van der Waals surface area contributed by atoms with E-state index in [0.717, 1.165) is 5.56 Å². The van der Waals surface area contributed by atoms with Crippen LogP contribution in [0.2, 0.25) is 0 Å². The van der Waals surface area contributed by atoms with Gasteiger partial charge in [-0.25, -0.2) is 10.3 Å². The predicted octanol–water partition coefficient (Wildman–Crippen LogP) is 0.961. The normalized spacial score (nSPS) is 10.2. The monoisotopic (exact) mass is 391 g/mol. The standard InChI is InChI=1S/C21H17N3O5/c25-19(23-18(20(26)24-29)14-22-21(27)28)17-12-10-16(11-13-17)9-5-4-8-15-6-2-1-3-7-15/h1-3,6-7,10-13,18,22,29H,14H2,(H,23,25)(H,24,26)(H,27,28). The zero-order chi connectivity index (χ0) is 21.1. The molecule has 2 aromatic rings.